The number of aliphatic hydroxyl groups excluding tert-OH is 1. The molecule has 3 heterocycles. The maximum atomic E-state index is 13.6. The molecule has 3 N–H and O–H groups in total. The molecule has 38 heavy (non-hydrogen) atoms. The van der Waals surface area contributed by atoms with Crippen LogP contribution in [0.5, 0.6) is 5.75 Å². The smallest absolute Gasteiger partial charge is 0.416 e. The molecule has 2 fully saturated rings. The molecule has 2 aliphatic rings. The Morgan fingerprint density at radius 2 is 2.03 bits per heavy atom. The Balaban J connectivity index is 1.49. The van der Waals surface area contributed by atoms with Crippen molar-refractivity contribution in [3.63, 3.8) is 0 Å². The lowest BCUT2D eigenvalue weighted by atomic mass is 10.0. The molecule has 0 spiro atoms. The average molecular weight is 532 g/mol. The molecule has 2 aromatic heterocycles. The third-order valence-corrected chi connectivity index (χ3v) is 7.10. The number of nitrogens with zero attached hydrogens (tertiary/aromatic N) is 3. The highest BCUT2D eigenvalue weighted by Gasteiger charge is 2.35. The van der Waals surface area contributed by atoms with E-state index < -0.39 is 30.2 Å². The van der Waals surface area contributed by atoms with E-state index in [-0.39, 0.29) is 46.7 Å². The summed E-state index contributed by atoms with van der Waals surface area (Å²) in [6, 6.07) is 2.82. The highest BCUT2D eigenvalue weighted by molar-refractivity contribution is 6.09. The number of H-pyrrole nitrogens is 1. The molecule has 2 amide bonds. The van der Waals surface area contributed by atoms with Gasteiger partial charge in [-0.05, 0) is 57.2 Å². The zero-order valence-corrected chi connectivity index (χ0v) is 20.9. The second-order valence-electron chi connectivity index (χ2n) is 9.99. The van der Waals surface area contributed by atoms with Crippen LogP contribution in [0.1, 0.15) is 47.8 Å². The number of likely N-dealkylation sites (tertiary alicyclic amines) is 1. The van der Waals surface area contributed by atoms with Gasteiger partial charge in [-0.25, -0.2) is 9.97 Å². The quantitative estimate of drug-likeness (QED) is 0.430. The number of amides is 2. The molecule has 1 aliphatic carbocycles. The summed E-state index contributed by atoms with van der Waals surface area (Å²) in [6.45, 7) is 3.58. The number of hydrogen-bond acceptors (Lipinski definition) is 6. The predicted molar refractivity (Wildman–Crippen MR) is 131 cm³/mol. The summed E-state index contributed by atoms with van der Waals surface area (Å²) in [5.74, 6) is -0.170. The van der Waals surface area contributed by atoms with Gasteiger partial charge in [0, 0.05) is 29.9 Å². The first-order valence-electron chi connectivity index (χ1n) is 12.5. The Morgan fingerprint density at radius 1 is 1.26 bits per heavy atom. The Bertz CT molecular complexity index is 1390. The van der Waals surface area contributed by atoms with Gasteiger partial charge in [0.05, 0.1) is 23.3 Å². The summed E-state index contributed by atoms with van der Waals surface area (Å²) in [7, 11) is 0. The summed E-state index contributed by atoms with van der Waals surface area (Å²) in [6.07, 6.45) is -0.783. The number of nitrogens with one attached hydrogen (secondary N) is 2. The van der Waals surface area contributed by atoms with E-state index in [2.05, 4.69) is 20.3 Å². The fraction of sp³-hybridized carbons (Fsp3) is 0.462. The number of alkyl halides is 3. The lowest BCUT2D eigenvalue weighted by molar-refractivity contribution is -0.137. The van der Waals surface area contributed by atoms with E-state index in [9.17, 15) is 27.9 Å². The monoisotopic (exact) mass is 531 g/mol. The van der Waals surface area contributed by atoms with Gasteiger partial charge in [0.2, 0.25) is 5.91 Å². The van der Waals surface area contributed by atoms with Crippen LogP contribution in [-0.4, -0.2) is 68.6 Å². The van der Waals surface area contributed by atoms with Gasteiger partial charge in [0.25, 0.3) is 5.91 Å². The number of halogens is 3. The molecule has 1 aliphatic heterocycles. The number of hydrogen-bond donors (Lipinski definition) is 3. The number of aromatic nitrogens is 3. The van der Waals surface area contributed by atoms with Gasteiger partial charge >= 0.3 is 6.18 Å². The number of aliphatic hydroxyl groups is 1. The minimum Gasteiger partial charge on any atom is -0.493 e. The van der Waals surface area contributed by atoms with Gasteiger partial charge in [-0.1, -0.05) is 0 Å². The van der Waals surface area contributed by atoms with Crippen LogP contribution in [0.25, 0.3) is 22.3 Å². The maximum absolute atomic E-state index is 13.6. The Labute approximate surface area is 216 Å². The van der Waals surface area contributed by atoms with E-state index >= 15 is 0 Å². The molecule has 0 bridgehead atoms. The molecule has 9 nitrogen and oxygen atoms in total. The van der Waals surface area contributed by atoms with Crippen LogP contribution in [0.4, 0.5) is 13.2 Å². The summed E-state index contributed by atoms with van der Waals surface area (Å²) >= 11 is 0. The van der Waals surface area contributed by atoms with Crippen LogP contribution >= 0.6 is 0 Å². The standard InChI is InChI=1S/C26H28F3N5O4/c1-13-7-17(9-34(13)20(36)10-35)33-25(37)21-14(2)32-24-22(30-12-31-23(21)24)18-8-16(26(27,28)29)5-6-19(18)38-11-15-3-4-15/h5-6,8,12-13,15,17,32,35H,3-4,7,9-11H2,1-2H3,(H,33,37)/t13-,17-/m0/s1. The molecule has 5 rings (SSSR count). The molecule has 12 heteroatoms. The molecular weight excluding hydrogens is 503 g/mol. The van der Waals surface area contributed by atoms with Crippen LogP contribution in [0.2, 0.25) is 0 Å². The van der Waals surface area contributed by atoms with Gasteiger partial charge in [-0.3, -0.25) is 9.59 Å². The van der Waals surface area contributed by atoms with E-state index in [0.717, 1.165) is 25.0 Å². The van der Waals surface area contributed by atoms with E-state index in [4.69, 9.17) is 4.74 Å². The lowest BCUT2D eigenvalue weighted by Crippen LogP contribution is -2.40. The highest BCUT2D eigenvalue weighted by Crippen LogP contribution is 2.40. The second kappa shape index (κ2) is 9.90. The SMILES string of the molecule is Cc1[nH]c2c(-c3cc(C(F)(F)F)ccc3OCC3CC3)ncnc2c1C(=O)N[C@H]1C[C@H](C)N(C(=O)CO)C1. The van der Waals surface area contributed by atoms with Crippen molar-refractivity contribution < 1.29 is 32.6 Å². The summed E-state index contributed by atoms with van der Waals surface area (Å²) in [5, 5.41) is 12.1. The van der Waals surface area contributed by atoms with Crippen molar-refractivity contribution in [2.75, 3.05) is 19.8 Å². The average Bonchev–Trinajstić information content (AvgIpc) is 3.54. The zero-order valence-electron chi connectivity index (χ0n) is 20.9. The van der Waals surface area contributed by atoms with E-state index in [1.165, 1.54) is 17.3 Å². The minimum absolute atomic E-state index is 0.145. The number of rotatable bonds is 7. The summed E-state index contributed by atoms with van der Waals surface area (Å²) in [4.78, 5) is 38.4. The molecule has 3 aromatic rings. The second-order valence-corrected chi connectivity index (χ2v) is 9.99. The first kappa shape index (κ1) is 26.0. The van der Waals surface area contributed by atoms with Crippen molar-refractivity contribution in [3.8, 4) is 17.0 Å². The molecule has 2 atom stereocenters. The van der Waals surface area contributed by atoms with E-state index in [0.29, 0.717) is 30.2 Å². The molecule has 0 radical (unpaired) electrons. The van der Waals surface area contributed by atoms with Crippen LogP contribution in [0, 0.1) is 12.8 Å². The minimum atomic E-state index is -4.56. The van der Waals surface area contributed by atoms with Gasteiger partial charge in [0.15, 0.2) is 0 Å². The number of carbonyl (C=O) groups excluding carboxylic acids is 2. The summed E-state index contributed by atoms with van der Waals surface area (Å²) < 4.78 is 46.6. The van der Waals surface area contributed by atoms with Gasteiger partial charge in [-0.2, -0.15) is 13.2 Å². The van der Waals surface area contributed by atoms with Crippen molar-refractivity contribution in [1.82, 2.24) is 25.2 Å². The lowest BCUT2D eigenvalue weighted by Gasteiger charge is -2.19. The molecular formula is C26H28F3N5O4. The normalized spacial score (nSPS) is 19.7. The fourth-order valence-electron chi connectivity index (χ4n) is 4.94. The largest absolute Gasteiger partial charge is 0.493 e. The maximum Gasteiger partial charge on any atom is 0.416 e. The topological polar surface area (TPSA) is 120 Å². The molecule has 0 unspecified atom stereocenters. The Hall–Kier alpha value is -3.67. The third kappa shape index (κ3) is 5.04. The van der Waals surface area contributed by atoms with Crippen molar-refractivity contribution in [2.45, 2.75) is 51.4 Å². The van der Waals surface area contributed by atoms with Crippen LogP contribution in [0.15, 0.2) is 24.5 Å². The number of carbonyl (C=O) groups is 2. The van der Waals surface area contributed by atoms with Crippen molar-refractivity contribution >= 4 is 22.8 Å². The molecule has 1 aromatic carbocycles. The fourth-order valence-corrected chi connectivity index (χ4v) is 4.94. The molecule has 1 saturated carbocycles. The van der Waals surface area contributed by atoms with Crippen molar-refractivity contribution in [1.29, 1.82) is 0 Å². The molecule has 1 saturated heterocycles. The molecule has 202 valence electrons. The first-order chi connectivity index (χ1) is 18.1. The highest BCUT2D eigenvalue weighted by atomic mass is 19.4. The first-order valence-corrected chi connectivity index (χ1v) is 12.5. The van der Waals surface area contributed by atoms with Gasteiger partial charge in [0.1, 0.15) is 29.9 Å². The Morgan fingerprint density at radius 3 is 2.71 bits per heavy atom. The number of benzene rings is 1. The number of aromatic amines is 1. The number of fused-ring (bicyclic) bond motifs is 1. The number of aryl methyl sites for hydroxylation is 1. The van der Waals surface area contributed by atoms with Crippen LogP contribution < -0.4 is 10.1 Å². The van der Waals surface area contributed by atoms with Crippen molar-refractivity contribution in [2.24, 2.45) is 5.92 Å². The summed E-state index contributed by atoms with van der Waals surface area (Å²) in [5.41, 5.74) is 0.827. The van der Waals surface area contributed by atoms with E-state index in [1.807, 2.05) is 6.92 Å². The van der Waals surface area contributed by atoms with Gasteiger partial charge in [-0.15, -0.1) is 0 Å². The predicted octanol–water partition coefficient (Wildman–Crippen LogP) is 3.45. The zero-order chi connectivity index (χ0) is 27.2. The Kier molecular flexibility index (Phi) is 6.76. The van der Waals surface area contributed by atoms with E-state index in [1.54, 1.807) is 6.92 Å². The number of ether oxygens (including phenoxy) is 1. The van der Waals surface area contributed by atoms with Gasteiger partial charge < -0.3 is 25.0 Å². The van der Waals surface area contributed by atoms with Crippen LogP contribution in [0.3, 0.4) is 0 Å². The van der Waals surface area contributed by atoms with Crippen LogP contribution in [-0.2, 0) is 11.0 Å². The van der Waals surface area contributed by atoms with Crippen molar-refractivity contribution in [3.05, 3.63) is 41.3 Å². The third-order valence-electron chi connectivity index (χ3n) is 7.10.